The zero-order valence-electron chi connectivity index (χ0n) is 11.7. The molecular formula is C11H23N2O5P. The predicted molar refractivity (Wildman–Crippen MR) is 71.3 cm³/mol. The van der Waals surface area contributed by atoms with Crippen LogP contribution in [-0.4, -0.2) is 33.9 Å². The van der Waals surface area contributed by atoms with Crippen LogP contribution in [0.15, 0.2) is 0 Å². The van der Waals surface area contributed by atoms with Gasteiger partial charge in [0.2, 0.25) is 11.7 Å². The molecule has 0 rings (SSSR count). The summed E-state index contributed by atoms with van der Waals surface area (Å²) < 4.78 is 11.3. The van der Waals surface area contributed by atoms with Crippen molar-refractivity contribution in [3.63, 3.8) is 0 Å². The Labute approximate surface area is 113 Å². The lowest BCUT2D eigenvalue weighted by Gasteiger charge is -2.20. The Morgan fingerprint density at radius 3 is 2.00 bits per heavy atom. The smallest absolute Gasteiger partial charge is 0.353 e. The van der Waals surface area contributed by atoms with Crippen LogP contribution in [0.25, 0.3) is 0 Å². The predicted octanol–water partition coefficient (Wildman–Crippen LogP) is 0.425. The highest BCUT2D eigenvalue weighted by Gasteiger charge is 2.36. The number of carbonyl (C=O) groups is 2. The average Bonchev–Trinajstić information content (AvgIpc) is 2.19. The van der Waals surface area contributed by atoms with E-state index in [4.69, 9.17) is 9.79 Å². The summed E-state index contributed by atoms with van der Waals surface area (Å²) in [4.78, 5) is 41.5. The summed E-state index contributed by atoms with van der Waals surface area (Å²) in [6.07, 6.45) is 0.105. The molecule has 0 aliphatic rings. The minimum atomic E-state index is -4.73. The van der Waals surface area contributed by atoms with Crippen LogP contribution in [0.2, 0.25) is 0 Å². The van der Waals surface area contributed by atoms with E-state index in [2.05, 4.69) is 10.6 Å². The number of carbonyl (C=O) groups excluding carboxylic acids is 2. The molecule has 0 aliphatic heterocycles. The van der Waals surface area contributed by atoms with Gasteiger partial charge in [-0.25, -0.2) is 0 Å². The Morgan fingerprint density at radius 1 is 1.11 bits per heavy atom. The lowest BCUT2D eigenvalue weighted by Crippen LogP contribution is -2.47. The molecule has 19 heavy (non-hydrogen) atoms. The van der Waals surface area contributed by atoms with E-state index in [0.29, 0.717) is 0 Å². The molecule has 1 atom stereocenters. The highest BCUT2D eigenvalue weighted by molar-refractivity contribution is 7.53. The van der Waals surface area contributed by atoms with Gasteiger partial charge in [-0.2, -0.15) is 0 Å². The molecule has 7 nitrogen and oxygen atoms in total. The van der Waals surface area contributed by atoms with Gasteiger partial charge in [-0.3, -0.25) is 14.2 Å². The van der Waals surface area contributed by atoms with Crippen LogP contribution in [0.4, 0.5) is 0 Å². The molecule has 0 aliphatic carbocycles. The maximum absolute atomic E-state index is 11.7. The Hall–Kier alpha value is -0.910. The second-order valence-corrected chi connectivity index (χ2v) is 6.99. The first-order chi connectivity index (χ1) is 8.54. The fourth-order valence-electron chi connectivity index (χ4n) is 1.29. The summed E-state index contributed by atoms with van der Waals surface area (Å²) in [5.41, 5.74) is 0. The van der Waals surface area contributed by atoms with Crippen molar-refractivity contribution in [2.75, 3.05) is 6.54 Å². The fourth-order valence-corrected chi connectivity index (χ4v) is 1.99. The third-order valence-electron chi connectivity index (χ3n) is 2.16. The molecule has 0 aromatic rings. The summed E-state index contributed by atoms with van der Waals surface area (Å²) in [7, 11) is -4.73. The lowest BCUT2D eigenvalue weighted by atomic mass is 10.1. The van der Waals surface area contributed by atoms with Crippen molar-refractivity contribution < 1.29 is 23.9 Å². The molecule has 0 fully saturated rings. The quantitative estimate of drug-likeness (QED) is 0.508. The summed E-state index contributed by atoms with van der Waals surface area (Å²) in [5, 5.41) is 4.50. The monoisotopic (exact) mass is 294 g/mol. The van der Waals surface area contributed by atoms with Crippen molar-refractivity contribution in [1.82, 2.24) is 10.6 Å². The largest absolute Gasteiger partial charge is 0.357 e. The molecule has 112 valence electrons. The first kappa shape index (κ1) is 18.1. The number of nitrogens with one attached hydrogen (secondary N) is 2. The SMILES string of the molecule is CC(C)CNC(=O)C(NC(=O)CC(C)C)P(=O)(O)O. The molecule has 0 saturated carbocycles. The molecule has 0 saturated heterocycles. The highest BCUT2D eigenvalue weighted by Crippen LogP contribution is 2.39. The van der Waals surface area contributed by atoms with Crippen molar-refractivity contribution in [3.8, 4) is 0 Å². The van der Waals surface area contributed by atoms with Crippen LogP contribution in [0, 0.1) is 11.8 Å². The van der Waals surface area contributed by atoms with Crippen molar-refractivity contribution in [1.29, 1.82) is 0 Å². The summed E-state index contributed by atoms with van der Waals surface area (Å²) >= 11 is 0. The second-order valence-electron chi connectivity index (χ2n) is 5.30. The van der Waals surface area contributed by atoms with Gasteiger partial charge in [-0.05, 0) is 11.8 Å². The van der Waals surface area contributed by atoms with Gasteiger partial charge in [-0.1, -0.05) is 27.7 Å². The van der Waals surface area contributed by atoms with Crippen LogP contribution in [-0.2, 0) is 14.2 Å². The van der Waals surface area contributed by atoms with Gasteiger partial charge in [-0.15, -0.1) is 0 Å². The third kappa shape index (κ3) is 7.97. The minimum Gasteiger partial charge on any atom is -0.353 e. The molecule has 2 amide bonds. The zero-order valence-corrected chi connectivity index (χ0v) is 12.6. The van der Waals surface area contributed by atoms with Crippen LogP contribution in [0.3, 0.4) is 0 Å². The van der Waals surface area contributed by atoms with Crippen LogP contribution in [0.5, 0.6) is 0 Å². The number of hydrogen-bond donors (Lipinski definition) is 4. The topological polar surface area (TPSA) is 116 Å². The zero-order chi connectivity index (χ0) is 15.2. The molecule has 8 heteroatoms. The first-order valence-corrected chi connectivity index (χ1v) is 7.84. The van der Waals surface area contributed by atoms with E-state index in [1.165, 1.54) is 0 Å². The molecule has 0 bridgehead atoms. The van der Waals surface area contributed by atoms with E-state index < -0.39 is 25.2 Å². The molecule has 0 radical (unpaired) electrons. The summed E-state index contributed by atoms with van der Waals surface area (Å²) in [6.45, 7) is 7.58. The summed E-state index contributed by atoms with van der Waals surface area (Å²) in [5.74, 6) is -3.05. The molecule has 0 aromatic carbocycles. The Morgan fingerprint density at radius 2 is 1.63 bits per heavy atom. The third-order valence-corrected chi connectivity index (χ3v) is 3.20. The normalized spacial score (nSPS) is 13.5. The van der Waals surface area contributed by atoms with Gasteiger partial charge in [0.1, 0.15) is 0 Å². The number of hydrogen-bond acceptors (Lipinski definition) is 3. The van der Waals surface area contributed by atoms with E-state index in [1.54, 1.807) is 13.8 Å². The molecule has 0 spiro atoms. The fraction of sp³-hybridized carbons (Fsp3) is 0.818. The summed E-state index contributed by atoms with van der Waals surface area (Å²) in [6, 6.07) is 0. The second kappa shape index (κ2) is 7.62. The van der Waals surface area contributed by atoms with E-state index in [9.17, 15) is 14.2 Å². The van der Waals surface area contributed by atoms with Crippen LogP contribution < -0.4 is 10.6 Å². The molecule has 1 unspecified atom stereocenters. The van der Waals surface area contributed by atoms with E-state index >= 15 is 0 Å². The van der Waals surface area contributed by atoms with Gasteiger partial charge in [0.05, 0.1) is 0 Å². The van der Waals surface area contributed by atoms with Crippen LogP contribution in [0.1, 0.15) is 34.1 Å². The Kier molecular flexibility index (Phi) is 7.26. The highest BCUT2D eigenvalue weighted by atomic mass is 31.2. The van der Waals surface area contributed by atoms with Crippen molar-refractivity contribution >= 4 is 19.4 Å². The van der Waals surface area contributed by atoms with Crippen molar-refractivity contribution in [3.05, 3.63) is 0 Å². The standard InChI is InChI=1S/C11H23N2O5P/c1-7(2)5-9(14)13-11(19(16,17)18)10(15)12-6-8(3)4/h7-8,11H,5-6H2,1-4H3,(H,12,15)(H,13,14)(H2,16,17,18). The maximum atomic E-state index is 11.7. The van der Waals surface area contributed by atoms with E-state index in [0.717, 1.165) is 0 Å². The molecule has 4 N–H and O–H groups in total. The number of amides is 2. The van der Waals surface area contributed by atoms with Gasteiger partial charge < -0.3 is 20.4 Å². The van der Waals surface area contributed by atoms with E-state index in [-0.39, 0.29) is 24.8 Å². The van der Waals surface area contributed by atoms with Gasteiger partial charge >= 0.3 is 7.60 Å². The van der Waals surface area contributed by atoms with Crippen molar-refractivity contribution in [2.45, 2.75) is 39.9 Å². The molecule has 0 aromatic heterocycles. The van der Waals surface area contributed by atoms with Gasteiger partial charge in [0.15, 0.2) is 0 Å². The Balaban J connectivity index is 4.70. The van der Waals surface area contributed by atoms with Gasteiger partial charge in [0.25, 0.3) is 5.91 Å². The molecule has 0 heterocycles. The van der Waals surface area contributed by atoms with Gasteiger partial charge in [0, 0.05) is 13.0 Å². The average molecular weight is 294 g/mol. The molecular weight excluding hydrogens is 271 g/mol. The Bertz CT molecular complexity index is 364. The van der Waals surface area contributed by atoms with E-state index in [1.807, 2.05) is 13.8 Å². The first-order valence-electron chi connectivity index (χ1n) is 6.16. The van der Waals surface area contributed by atoms with Crippen molar-refractivity contribution in [2.24, 2.45) is 11.8 Å². The minimum absolute atomic E-state index is 0.0381. The lowest BCUT2D eigenvalue weighted by molar-refractivity contribution is -0.128. The number of rotatable bonds is 7. The van der Waals surface area contributed by atoms with Crippen LogP contribution >= 0.6 is 7.60 Å². The maximum Gasteiger partial charge on any atom is 0.357 e.